The number of amides is 1. The molecule has 1 aromatic carbocycles. The first-order chi connectivity index (χ1) is 11.6. The maximum absolute atomic E-state index is 12.5. The third-order valence-corrected chi connectivity index (χ3v) is 4.84. The predicted octanol–water partition coefficient (Wildman–Crippen LogP) is 2.62. The number of aryl methyl sites for hydroxylation is 2. The van der Waals surface area contributed by atoms with E-state index in [0.717, 1.165) is 42.8 Å². The number of fused-ring (bicyclic) bond motifs is 1. The van der Waals surface area contributed by atoms with Gasteiger partial charge in [-0.05, 0) is 37.5 Å². The molecule has 24 heavy (non-hydrogen) atoms. The van der Waals surface area contributed by atoms with Gasteiger partial charge in [-0.2, -0.15) is 0 Å². The van der Waals surface area contributed by atoms with Crippen LogP contribution in [0.2, 0.25) is 0 Å². The molecule has 0 saturated carbocycles. The van der Waals surface area contributed by atoms with Crippen molar-refractivity contribution in [2.24, 2.45) is 7.05 Å². The van der Waals surface area contributed by atoms with Crippen LogP contribution in [0.15, 0.2) is 30.6 Å². The van der Waals surface area contributed by atoms with Crippen molar-refractivity contribution in [1.29, 1.82) is 0 Å². The molecule has 0 spiro atoms. The predicted molar refractivity (Wildman–Crippen MR) is 91.9 cm³/mol. The molecule has 6 heteroatoms. The Hall–Kier alpha value is -2.63. The van der Waals surface area contributed by atoms with E-state index >= 15 is 0 Å². The lowest BCUT2D eigenvalue weighted by Gasteiger charge is -2.30. The molecule has 124 valence electrons. The summed E-state index contributed by atoms with van der Waals surface area (Å²) in [5.41, 5.74) is 3.34. The summed E-state index contributed by atoms with van der Waals surface area (Å²) in [5.74, 6) is 1.94. The minimum atomic E-state index is 0.0150. The van der Waals surface area contributed by atoms with Gasteiger partial charge in [0.15, 0.2) is 5.82 Å². The Labute approximate surface area is 140 Å². The molecule has 6 nitrogen and oxygen atoms in total. The average Bonchev–Trinajstić information content (AvgIpc) is 3.20. The van der Waals surface area contributed by atoms with Gasteiger partial charge >= 0.3 is 0 Å². The number of rotatable bonds is 2. The quantitative estimate of drug-likeness (QED) is 0.788. The van der Waals surface area contributed by atoms with Gasteiger partial charge in [-0.15, -0.1) is 0 Å². The molecule has 1 amide bonds. The number of imidazole rings is 2. The molecule has 1 fully saturated rings. The fraction of sp³-hybridized carbons (Fsp3) is 0.389. The molecular weight excluding hydrogens is 302 g/mol. The lowest BCUT2D eigenvalue weighted by atomic mass is 9.96. The molecule has 0 atom stereocenters. The standard InChI is InChI=1S/C18H21N5O/c1-12-3-4-14-15(11-12)21-16(20-14)13-5-8-23(9-6-13)18(24)17-19-7-10-22(17)2/h3-4,7,10-11,13H,5-6,8-9H2,1-2H3,(H,20,21). The number of nitrogens with zero attached hydrogens (tertiary/aromatic N) is 4. The van der Waals surface area contributed by atoms with Gasteiger partial charge in [-0.1, -0.05) is 6.07 Å². The molecule has 1 aliphatic rings. The summed E-state index contributed by atoms with van der Waals surface area (Å²) in [6.07, 6.45) is 5.32. The van der Waals surface area contributed by atoms with Gasteiger partial charge in [0.05, 0.1) is 11.0 Å². The van der Waals surface area contributed by atoms with Crippen LogP contribution in [0.1, 0.15) is 40.8 Å². The zero-order valence-electron chi connectivity index (χ0n) is 14.0. The first-order valence-corrected chi connectivity index (χ1v) is 8.34. The van der Waals surface area contributed by atoms with Gasteiger partial charge in [0, 0.05) is 38.4 Å². The van der Waals surface area contributed by atoms with Crippen molar-refractivity contribution in [2.45, 2.75) is 25.7 Å². The number of aromatic nitrogens is 4. The van der Waals surface area contributed by atoms with Crippen LogP contribution in [0.3, 0.4) is 0 Å². The number of carbonyl (C=O) groups is 1. The molecule has 1 saturated heterocycles. The van der Waals surface area contributed by atoms with Crippen molar-refractivity contribution >= 4 is 16.9 Å². The number of carbonyl (C=O) groups excluding carboxylic acids is 1. The number of likely N-dealkylation sites (tertiary alicyclic amines) is 1. The van der Waals surface area contributed by atoms with Crippen LogP contribution in [0, 0.1) is 6.92 Å². The molecule has 0 aliphatic carbocycles. The summed E-state index contributed by atoms with van der Waals surface area (Å²) in [7, 11) is 1.85. The second kappa shape index (κ2) is 5.78. The van der Waals surface area contributed by atoms with E-state index in [1.54, 1.807) is 17.0 Å². The van der Waals surface area contributed by atoms with Crippen LogP contribution in [0.5, 0.6) is 0 Å². The lowest BCUT2D eigenvalue weighted by molar-refractivity contribution is 0.0695. The Morgan fingerprint density at radius 3 is 2.79 bits per heavy atom. The summed E-state index contributed by atoms with van der Waals surface area (Å²) in [6, 6.07) is 6.27. The molecular formula is C18H21N5O. The molecule has 3 heterocycles. The zero-order chi connectivity index (χ0) is 16.7. The van der Waals surface area contributed by atoms with Crippen LogP contribution in [0.4, 0.5) is 0 Å². The van der Waals surface area contributed by atoms with Crippen molar-refractivity contribution in [3.05, 3.63) is 47.8 Å². The SMILES string of the molecule is Cc1ccc2nc(C3CCN(C(=O)c4nccn4C)CC3)[nH]c2c1. The van der Waals surface area contributed by atoms with Crippen molar-refractivity contribution in [2.75, 3.05) is 13.1 Å². The first kappa shape index (κ1) is 14.9. The minimum absolute atomic E-state index is 0.0150. The number of H-pyrrole nitrogens is 1. The van der Waals surface area contributed by atoms with E-state index in [9.17, 15) is 4.79 Å². The fourth-order valence-corrected chi connectivity index (χ4v) is 3.41. The van der Waals surface area contributed by atoms with E-state index in [1.165, 1.54) is 5.56 Å². The van der Waals surface area contributed by atoms with Gasteiger partial charge in [0.25, 0.3) is 5.91 Å². The topological polar surface area (TPSA) is 66.8 Å². The fourth-order valence-electron chi connectivity index (χ4n) is 3.41. The van der Waals surface area contributed by atoms with Crippen molar-refractivity contribution < 1.29 is 4.79 Å². The highest BCUT2D eigenvalue weighted by molar-refractivity contribution is 5.90. The Kier molecular flexibility index (Phi) is 3.59. The van der Waals surface area contributed by atoms with E-state index in [0.29, 0.717) is 11.7 Å². The monoisotopic (exact) mass is 323 g/mol. The van der Waals surface area contributed by atoms with E-state index in [1.807, 2.05) is 11.9 Å². The summed E-state index contributed by atoms with van der Waals surface area (Å²) in [5, 5.41) is 0. The number of nitrogens with one attached hydrogen (secondary N) is 1. The third kappa shape index (κ3) is 2.58. The second-order valence-electron chi connectivity index (χ2n) is 6.57. The normalized spacial score (nSPS) is 16.0. The maximum atomic E-state index is 12.5. The van der Waals surface area contributed by atoms with Crippen LogP contribution < -0.4 is 0 Å². The molecule has 0 bridgehead atoms. The van der Waals surface area contributed by atoms with Gasteiger partial charge in [0.1, 0.15) is 5.82 Å². The summed E-state index contributed by atoms with van der Waals surface area (Å²) >= 11 is 0. The Balaban J connectivity index is 1.47. The minimum Gasteiger partial charge on any atom is -0.342 e. The van der Waals surface area contributed by atoms with Gasteiger partial charge in [0.2, 0.25) is 0 Å². The van der Waals surface area contributed by atoms with Crippen LogP contribution in [0.25, 0.3) is 11.0 Å². The number of benzene rings is 1. The zero-order valence-corrected chi connectivity index (χ0v) is 14.0. The highest BCUT2D eigenvalue weighted by atomic mass is 16.2. The molecule has 0 unspecified atom stereocenters. The van der Waals surface area contributed by atoms with Gasteiger partial charge in [-0.25, -0.2) is 9.97 Å². The van der Waals surface area contributed by atoms with Crippen molar-refractivity contribution in [3.8, 4) is 0 Å². The highest BCUT2D eigenvalue weighted by Gasteiger charge is 2.27. The second-order valence-corrected chi connectivity index (χ2v) is 6.57. The summed E-state index contributed by atoms with van der Waals surface area (Å²) < 4.78 is 1.77. The average molecular weight is 323 g/mol. The number of aromatic amines is 1. The highest BCUT2D eigenvalue weighted by Crippen LogP contribution is 2.28. The van der Waals surface area contributed by atoms with E-state index in [2.05, 4.69) is 35.1 Å². The molecule has 1 N–H and O–H groups in total. The van der Waals surface area contributed by atoms with E-state index < -0.39 is 0 Å². The first-order valence-electron chi connectivity index (χ1n) is 8.34. The Morgan fingerprint density at radius 1 is 1.29 bits per heavy atom. The largest absolute Gasteiger partial charge is 0.342 e. The lowest BCUT2D eigenvalue weighted by Crippen LogP contribution is -2.39. The van der Waals surface area contributed by atoms with Crippen molar-refractivity contribution in [3.63, 3.8) is 0 Å². The molecule has 2 aromatic heterocycles. The number of piperidine rings is 1. The molecule has 3 aromatic rings. The van der Waals surface area contributed by atoms with E-state index in [4.69, 9.17) is 4.98 Å². The van der Waals surface area contributed by atoms with E-state index in [-0.39, 0.29) is 5.91 Å². The van der Waals surface area contributed by atoms with Crippen LogP contribution in [-0.4, -0.2) is 43.4 Å². The summed E-state index contributed by atoms with van der Waals surface area (Å²) in [6.45, 7) is 3.57. The van der Waals surface area contributed by atoms with Gasteiger partial charge < -0.3 is 14.5 Å². The Bertz CT molecular complexity index is 886. The number of hydrogen-bond acceptors (Lipinski definition) is 3. The number of hydrogen-bond donors (Lipinski definition) is 1. The summed E-state index contributed by atoms with van der Waals surface area (Å²) in [4.78, 5) is 26.8. The molecule has 4 rings (SSSR count). The molecule has 1 aliphatic heterocycles. The van der Waals surface area contributed by atoms with Gasteiger partial charge in [-0.3, -0.25) is 4.79 Å². The maximum Gasteiger partial charge on any atom is 0.289 e. The van der Waals surface area contributed by atoms with Crippen LogP contribution >= 0.6 is 0 Å². The van der Waals surface area contributed by atoms with Crippen LogP contribution in [-0.2, 0) is 7.05 Å². The molecule has 0 radical (unpaired) electrons. The third-order valence-electron chi connectivity index (χ3n) is 4.84. The van der Waals surface area contributed by atoms with Crippen molar-refractivity contribution in [1.82, 2.24) is 24.4 Å². The Morgan fingerprint density at radius 2 is 2.08 bits per heavy atom. The smallest absolute Gasteiger partial charge is 0.289 e.